The zero-order valence-electron chi connectivity index (χ0n) is 10.5. The molecule has 0 fully saturated rings. The van der Waals surface area contributed by atoms with E-state index >= 15 is 0 Å². The van der Waals surface area contributed by atoms with E-state index in [1.165, 1.54) is 0 Å². The van der Waals surface area contributed by atoms with Crippen LogP contribution >= 0.6 is 0 Å². The van der Waals surface area contributed by atoms with Gasteiger partial charge in [-0.1, -0.05) is 36.4 Å². The predicted octanol–water partition coefficient (Wildman–Crippen LogP) is 2.42. The Bertz CT molecular complexity index is 704. The minimum atomic E-state index is 0.650. The smallest absolute Gasteiger partial charge is 0.180 e. The second kappa shape index (κ2) is 4.53. The van der Waals surface area contributed by atoms with Crippen LogP contribution in [0.15, 0.2) is 42.5 Å². The Morgan fingerprint density at radius 1 is 0.947 bits per heavy atom. The highest BCUT2D eigenvalue weighted by molar-refractivity contribution is 5.83. The Balaban J connectivity index is 2.24. The number of nitrogens with zero attached hydrogens (tertiary/aromatic N) is 3. The van der Waals surface area contributed by atoms with Gasteiger partial charge in [0.1, 0.15) is 0 Å². The maximum atomic E-state index is 5.98. The van der Waals surface area contributed by atoms with Crippen LogP contribution in [-0.4, -0.2) is 20.6 Å². The summed E-state index contributed by atoms with van der Waals surface area (Å²) in [5, 5.41) is 14.0. The van der Waals surface area contributed by atoms with Gasteiger partial charge in [0.2, 0.25) is 0 Å². The first-order valence-corrected chi connectivity index (χ1v) is 5.96. The van der Waals surface area contributed by atoms with Gasteiger partial charge in [0.05, 0.1) is 0 Å². The maximum Gasteiger partial charge on any atom is 0.180 e. The first kappa shape index (κ1) is 11.4. The van der Waals surface area contributed by atoms with Crippen molar-refractivity contribution in [2.75, 3.05) is 5.73 Å². The van der Waals surface area contributed by atoms with Crippen LogP contribution in [0.2, 0.25) is 0 Å². The number of H-pyrrole nitrogens is 1. The van der Waals surface area contributed by atoms with Gasteiger partial charge >= 0.3 is 0 Å². The van der Waals surface area contributed by atoms with E-state index in [9.17, 15) is 0 Å². The van der Waals surface area contributed by atoms with Crippen LogP contribution in [0.4, 0.5) is 5.69 Å². The molecule has 5 heteroatoms. The van der Waals surface area contributed by atoms with Gasteiger partial charge in [-0.05, 0) is 40.1 Å². The third kappa shape index (κ3) is 1.95. The number of aromatic nitrogens is 4. The van der Waals surface area contributed by atoms with Crippen LogP contribution in [0.3, 0.4) is 0 Å². The zero-order valence-corrected chi connectivity index (χ0v) is 10.5. The molecular formula is C14H13N5. The lowest BCUT2D eigenvalue weighted by molar-refractivity contribution is 0.881. The lowest BCUT2D eigenvalue weighted by Gasteiger charge is -2.11. The number of nitrogens with one attached hydrogen (secondary N) is 1. The summed E-state index contributed by atoms with van der Waals surface area (Å²) in [6, 6.07) is 13.9. The van der Waals surface area contributed by atoms with E-state index in [1.807, 2.05) is 49.4 Å². The van der Waals surface area contributed by atoms with Gasteiger partial charge in [0.15, 0.2) is 5.82 Å². The van der Waals surface area contributed by atoms with Crippen molar-refractivity contribution < 1.29 is 0 Å². The molecule has 19 heavy (non-hydrogen) atoms. The molecular weight excluding hydrogens is 238 g/mol. The van der Waals surface area contributed by atoms with Gasteiger partial charge in [-0.3, -0.25) is 0 Å². The van der Waals surface area contributed by atoms with Crippen molar-refractivity contribution in [1.29, 1.82) is 0 Å². The molecule has 0 amide bonds. The average molecular weight is 251 g/mol. The van der Waals surface area contributed by atoms with Crippen molar-refractivity contribution in [2.45, 2.75) is 6.92 Å². The monoisotopic (exact) mass is 251 g/mol. The van der Waals surface area contributed by atoms with Gasteiger partial charge in [-0.15, -0.1) is 5.10 Å². The number of anilines is 1. The van der Waals surface area contributed by atoms with E-state index in [1.54, 1.807) is 0 Å². The van der Waals surface area contributed by atoms with E-state index < -0.39 is 0 Å². The van der Waals surface area contributed by atoms with Crippen LogP contribution in [-0.2, 0) is 0 Å². The summed E-state index contributed by atoms with van der Waals surface area (Å²) in [4.78, 5) is 0. The lowest BCUT2D eigenvalue weighted by atomic mass is 9.95. The standard InChI is InChI=1S/C14H13N5/c1-9-10(7-4-8-13(9)15)11-5-2-3-6-12(11)14-16-18-19-17-14/h2-8H,15H2,1H3,(H,16,17,18,19). The first-order chi connectivity index (χ1) is 9.27. The van der Waals surface area contributed by atoms with Crippen LogP contribution in [0.25, 0.3) is 22.5 Å². The third-order valence-corrected chi connectivity index (χ3v) is 3.19. The number of nitrogen functional groups attached to an aromatic ring is 1. The topological polar surface area (TPSA) is 80.5 Å². The van der Waals surface area contributed by atoms with Crippen LogP contribution in [0.1, 0.15) is 5.56 Å². The number of aromatic amines is 1. The number of rotatable bonds is 2. The molecule has 0 unspecified atom stereocenters. The Morgan fingerprint density at radius 2 is 1.68 bits per heavy atom. The Labute approximate surface area is 110 Å². The maximum absolute atomic E-state index is 5.98. The van der Waals surface area contributed by atoms with E-state index in [-0.39, 0.29) is 0 Å². The van der Waals surface area contributed by atoms with Crippen molar-refractivity contribution in [1.82, 2.24) is 20.6 Å². The molecule has 94 valence electrons. The number of nitrogens with two attached hydrogens (primary N) is 1. The quantitative estimate of drug-likeness (QED) is 0.685. The number of tetrazole rings is 1. The Morgan fingerprint density at radius 3 is 2.42 bits per heavy atom. The largest absolute Gasteiger partial charge is 0.398 e. The fraction of sp³-hybridized carbons (Fsp3) is 0.0714. The van der Waals surface area contributed by atoms with Gasteiger partial charge in [-0.2, -0.15) is 0 Å². The fourth-order valence-corrected chi connectivity index (χ4v) is 2.14. The van der Waals surface area contributed by atoms with Crippen LogP contribution in [0.5, 0.6) is 0 Å². The molecule has 0 bridgehead atoms. The normalized spacial score (nSPS) is 10.6. The molecule has 0 radical (unpaired) electrons. The molecule has 3 aromatic rings. The van der Waals surface area contributed by atoms with E-state index in [4.69, 9.17) is 5.73 Å². The third-order valence-electron chi connectivity index (χ3n) is 3.19. The number of hydrogen-bond donors (Lipinski definition) is 2. The molecule has 3 N–H and O–H groups in total. The summed E-state index contributed by atoms with van der Waals surface area (Å²) in [6.45, 7) is 2.01. The van der Waals surface area contributed by atoms with Crippen LogP contribution < -0.4 is 5.73 Å². The molecule has 0 aliphatic carbocycles. The number of hydrogen-bond acceptors (Lipinski definition) is 4. The molecule has 1 aromatic heterocycles. The van der Waals surface area contributed by atoms with Crippen molar-refractivity contribution in [3.8, 4) is 22.5 Å². The molecule has 0 spiro atoms. The zero-order chi connectivity index (χ0) is 13.2. The van der Waals surface area contributed by atoms with E-state index in [0.717, 1.165) is 27.9 Å². The van der Waals surface area contributed by atoms with Crippen molar-refractivity contribution in [3.63, 3.8) is 0 Å². The second-order valence-corrected chi connectivity index (χ2v) is 4.32. The molecule has 2 aromatic carbocycles. The first-order valence-electron chi connectivity index (χ1n) is 5.96. The van der Waals surface area contributed by atoms with Crippen molar-refractivity contribution in [2.24, 2.45) is 0 Å². The number of benzene rings is 2. The summed E-state index contributed by atoms with van der Waals surface area (Å²) >= 11 is 0. The molecule has 3 rings (SSSR count). The van der Waals surface area contributed by atoms with Crippen LogP contribution in [0, 0.1) is 6.92 Å². The molecule has 0 atom stereocenters. The van der Waals surface area contributed by atoms with Gasteiger partial charge in [-0.25, -0.2) is 5.10 Å². The molecule has 0 saturated carbocycles. The van der Waals surface area contributed by atoms with Crippen molar-refractivity contribution in [3.05, 3.63) is 48.0 Å². The van der Waals surface area contributed by atoms with E-state index in [0.29, 0.717) is 5.82 Å². The summed E-state index contributed by atoms with van der Waals surface area (Å²) in [6.07, 6.45) is 0. The van der Waals surface area contributed by atoms with E-state index in [2.05, 4.69) is 20.6 Å². The summed E-state index contributed by atoms with van der Waals surface area (Å²) in [5.41, 5.74) is 10.9. The molecule has 1 heterocycles. The van der Waals surface area contributed by atoms with Gasteiger partial charge in [0.25, 0.3) is 0 Å². The second-order valence-electron chi connectivity index (χ2n) is 4.32. The molecule has 5 nitrogen and oxygen atoms in total. The summed E-state index contributed by atoms with van der Waals surface area (Å²) < 4.78 is 0. The minimum absolute atomic E-state index is 0.650. The molecule has 0 aliphatic heterocycles. The minimum Gasteiger partial charge on any atom is -0.398 e. The highest BCUT2D eigenvalue weighted by Gasteiger charge is 2.12. The highest BCUT2D eigenvalue weighted by Crippen LogP contribution is 2.33. The van der Waals surface area contributed by atoms with Gasteiger partial charge in [0, 0.05) is 11.3 Å². The summed E-state index contributed by atoms with van der Waals surface area (Å²) in [5.74, 6) is 0.650. The Hall–Kier alpha value is -2.69. The molecule has 0 aliphatic rings. The molecule has 0 saturated heterocycles. The summed E-state index contributed by atoms with van der Waals surface area (Å²) in [7, 11) is 0. The van der Waals surface area contributed by atoms with Crippen molar-refractivity contribution >= 4 is 5.69 Å². The fourth-order valence-electron chi connectivity index (χ4n) is 2.14. The SMILES string of the molecule is Cc1c(N)cccc1-c1ccccc1-c1nnn[nH]1. The lowest BCUT2D eigenvalue weighted by Crippen LogP contribution is -1.94. The average Bonchev–Trinajstić information content (AvgIpc) is 2.96. The highest BCUT2D eigenvalue weighted by atomic mass is 15.5. The predicted molar refractivity (Wildman–Crippen MR) is 74.2 cm³/mol. The van der Waals surface area contributed by atoms with Gasteiger partial charge < -0.3 is 5.73 Å². The Kier molecular flexibility index (Phi) is 2.72.